The smallest absolute Gasteiger partial charge is 0.257 e. The standard InChI is InChI=1S/C35H32FN5O4/c1-41-18-16-27-30(35(41)45)32(39-24-7-3-2-4-8-24)31(40-27)22-15-17-37-28(19-22)33(43)26(21-11-13-23(36)14-12-21)20-38-34(44)25-9-5-6-10-29(25)42/h2-15,17,19,26,33,39-40,42-43H,16,18,20H2,1H3,(H,38,44)/t26-,33+/m0/s1. The average Bonchev–Trinajstić information content (AvgIpc) is 3.43. The molecule has 0 radical (unpaired) electrons. The summed E-state index contributed by atoms with van der Waals surface area (Å²) < 4.78 is 13.8. The minimum atomic E-state index is -1.21. The SMILES string of the molecule is CN1CCc2[nH]c(-c3ccnc([C@H](O)[C@@H](CNC(=O)c4ccccc4O)c4ccc(F)cc4)c3)c(Nc3ccccc3)c2C1=O. The number of aromatic nitrogens is 2. The van der Waals surface area contributed by atoms with Gasteiger partial charge in [-0.1, -0.05) is 42.5 Å². The van der Waals surface area contributed by atoms with Crippen LogP contribution in [0.4, 0.5) is 15.8 Å². The molecule has 0 saturated carbocycles. The van der Waals surface area contributed by atoms with Gasteiger partial charge in [-0.3, -0.25) is 14.6 Å². The Labute approximate surface area is 259 Å². The van der Waals surface area contributed by atoms with Crippen LogP contribution < -0.4 is 10.6 Å². The summed E-state index contributed by atoms with van der Waals surface area (Å²) in [6, 6.07) is 25.0. The third kappa shape index (κ3) is 6.13. The molecule has 228 valence electrons. The van der Waals surface area contributed by atoms with Crippen molar-refractivity contribution >= 4 is 23.2 Å². The summed E-state index contributed by atoms with van der Waals surface area (Å²) in [4.78, 5) is 35.8. The number of anilines is 2. The number of pyridine rings is 1. The maximum absolute atomic E-state index is 13.8. The van der Waals surface area contributed by atoms with E-state index in [0.29, 0.717) is 46.7 Å². The Morgan fingerprint density at radius 1 is 1.04 bits per heavy atom. The van der Waals surface area contributed by atoms with Crippen molar-refractivity contribution in [3.8, 4) is 17.0 Å². The van der Waals surface area contributed by atoms with Crippen molar-refractivity contribution < 1.29 is 24.2 Å². The molecule has 0 bridgehead atoms. The number of rotatable bonds is 9. The number of benzene rings is 3. The van der Waals surface area contributed by atoms with Gasteiger partial charge in [0.1, 0.15) is 17.7 Å². The average molecular weight is 606 g/mol. The van der Waals surface area contributed by atoms with E-state index < -0.39 is 23.7 Å². The molecule has 1 aliphatic rings. The summed E-state index contributed by atoms with van der Waals surface area (Å²) in [6.07, 6.45) is 1.03. The number of carbonyl (C=O) groups excluding carboxylic acids is 2. The zero-order valence-electron chi connectivity index (χ0n) is 24.5. The number of phenolic OH excluding ortho intramolecular Hbond substituents is 1. The first-order valence-corrected chi connectivity index (χ1v) is 14.6. The third-order valence-corrected chi connectivity index (χ3v) is 8.06. The van der Waals surface area contributed by atoms with Gasteiger partial charge in [-0.2, -0.15) is 0 Å². The predicted octanol–water partition coefficient (Wildman–Crippen LogP) is 5.54. The van der Waals surface area contributed by atoms with Gasteiger partial charge < -0.3 is 30.7 Å². The van der Waals surface area contributed by atoms with Crippen LogP contribution in [0.2, 0.25) is 0 Å². The Balaban J connectivity index is 1.35. The molecule has 0 spiro atoms. The van der Waals surface area contributed by atoms with E-state index in [1.807, 2.05) is 30.3 Å². The lowest BCUT2D eigenvalue weighted by atomic mass is 9.90. The van der Waals surface area contributed by atoms with Crippen molar-refractivity contribution in [2.45, 2.75) is 18.4 Å². The highest BCUT2D eigenvalue weighted by atomic mass is 19.1. The summed E-state index contributed by atoms with van der Waals surface area (Å²) in [7, 11) is 1.78. The minimum Gasteiger partial charge on any atom is -0.507 e. The van der Waals surface area contributed by atoms with Crippen LogP contribution in [0.15, 0.2) is 97.2 Å². The molecule has 5 aromatic rings. The fourth-order valence-electron chi connectivity index (χ4n) is 5.61. The summed E-state index contributed by atoms with van der Waals surface area (Å²) in [5.41, 5.74) is 5.20. The maximum atomic E-state index is 13.8. The number of likely N-dealkylation sites (N-methyl/N-ethyl adjacent to an activating group) is 1. The van der Waals surface area contributed by atoms with Gasteiger partial charge in [-0.05, 0) is 54.1 Å². The van der Waals surface area contributed by atoms with Crippen LogP contribution in [-0.4, -0.2) is 57.0 Å². The zero-order valence-corrected chi connectivity index (χ0v) is 24.5. The van der Waals surface area contributed by atoms with Crippen LogP contribution in [0.3, 0.4) is 0 Å². The highest BCUT2D eigenvalue weighted by Crippen LogP contribution is 2.39. The number of aliphatic hydroxyl groups excluding tert-OH is 1. The van der Waals surface area contributed by atoms with Crippen molar-refractivity contribution in [2.24, 2.45) is 0 Å². The Morgan fingerprint density at radius 2 is 1.78 bits per heavy atom. The lowest BCUT2D eigenvalue weighted by Crippen LogP contribution is -2.34. The van der Waals surface area contributed by atoms with Crippen LogP contribution in [0, 0.1) is 5.82 Å². The van der Waals surface area contributed by atoms with Crippen LogP contribution in [0.25, 0.3) is 11.3 Å². The summed E-state index contributed by atoms with van der Waals surface area (Å²) in [5.74, 6) is -1.92. The number of nitrogens with one attached hydrogen (secondary N) is 3. The highest BCUT2D eigenvalue weighted by molar-refractivity contribution is 6.06. The van der Waals surface area contributed by atoms with E-state index in [-0.39, 0.29) is 23.8 Å². The molecule has 2 aromatic heterocycles. The molecule has 10 heteroatoms. The molecule has 2 atom stereocenters. The molecule has 0 aliphatic carbocycles. The molecule has 0 saturated heterocycles. The Morgan fingerprint density at radius 3 is 2.53 bits per heavy atom. The van der Waals surface area contributed by atoms with Crippen LogP contribution in [-0.2, 0) is 6.42 Å². The number of hydrogen-bond donors (Lipinski definition) is 5. The summed E-state index contributed by atoms with van der Waals surface area (Å²) >= 11 is 0. The molecule has 5 N–H and O–H groups in total. The van der Waals surface area contributed by atoms with Gasteiger partial charge in [0.05, 0.1) is 28.2 Å². The Kier molecular flexibility index (Phi) is 8.30. The third-order valence-electron chi connectivity index (χ3n) is 8.06. The fourth-order valence-corrected chi connectivity index (χ4v) is 5.61. The van der Waals surface area contributed by atoms with E-state index in [2.05, 4.69) is 20.6 Å². The monoisotopic (exact) mass is 605 g/mol. The number of aromatic hydroxyl groups is 1. The number of para-hydroxylation sites is 2. The lowest BCUT2D eigenvalue weighted by molar-refractivity contribution is 0.0781. The maximum Gasteiger partial charge on any atom is 0.257 e. The highest BCUT2D eigenvalue weighted by Gasteiger charge is 2.31. The van der Waals surface area contributed by atoms with Crippen molar-refractivity contribution in [3.05, 3.63) is 131 Å². The largest absolute Gasteiger partial charge is 0.507 e. The fraction of sp³-hybridized carbons (Fsp3) is 0.171. The van der Waals surface area contributed by atoms with Gasteiger partial charge in [0, 0.05) is 55.6 Å². The van der Waals surface area contributed by atoms with Gasteiger partial charge in [-0.25, -0.2) is 4.39 Å². The molecule has 0 unspecified atom stereocenters. The van der Waals surface area contributed by atoms with Crippen molar-refractivity contribution in [1.29, 1.82) is 0 Å². The predicted molar refractivity (Wildman–Crippen MR) is 169 cm³/mol. The second-order valence-electron chi connectivity index (χ2n) is 11.0. The summed E-state index contributed by atoms with van der Waals surface area (Å²) in [6.45, 7) is 0.563. The first-order valence-electron chi connectivity index (χ1n) is 14.6. The van der Waals surface area contributed by atoms with E-state index in [1.54, 1.807) is 54.5 Å². The number of fused-ring (bicyclic) bond motifs is 1. The van der Waals surface area contributed by atoms with Gasteiger partial charge in [-0.15, -0.1) is 0 Å². The molecule has 1 aliphatic heterocycles. The van der Waals surface area contributed by atoms with E-state index in [0.717, 1.165) is 11.4 Å². The number of nitrogens with zero attached hydrogens (tertiary/aromatic N) is 2. The molecule has 0 fully saturated rings. The van der Waals surface area contributed by atoms with Crippen LogP contribution in [0.5, 0.6) is 5.75 Å². The number of amides is 2. The molecule has 2 amide bonds. The van der Waals surface area contributed by atoms with E-state index >= 15 is 0 Å². The number of aliphatic hydroxyl groups is 1. The van der Waals surface area contributed by atoms with Crippen LogP contribution in [0.1, 0.15) is 49.7 Å². The number of phenols is 1. The van der Waals surface area contributed by atoms with Crippen molar-refractivity contribution in [2.75, 3.05) is 25.5 Å². The molecule has 9 nitrogen and oxygen atoms in total. The molecule has 3 aromatic carbocycles. The lowest BCUT2D eigenvalue weighted by Gasteiger charge is -2.24. The number of H-pyrrole nitrogens is 1. The van der Waals surface area contributed by atoms with Crippen molar-refractivity contribution in [3.63, 3.8) is 0 Å². The Bertz CT molecular complexity index is 1840. The molecule has 6 rings (SSSR count). The summed E-state index contributed by atoms with van der Waals surface area (Å²) in [5, 5.41) is 28.1. The Hall–Kier alpha value is -5.48. The second kappa shape index (κ2) is 12.6. The number of carbonyl (C=O) groups is 2. The van der Waals surface area contributed by atoms with Gasteiger partial charge in [0.2, 0.25) is 0 Å². The molecular weight excluding hydrogens is 573 g/mol. The quantitative estimate of drug-likeness (QED) is 0.150. The normalized spacial score (nSPS) is 14.0. The van der Waals surface area contributed by atoms with E-state index in [1.165, 1.54) is 24.3 Å². The second-order valence-corrected chi connectivity index (χ2v) is 11.0. The van der Waals surface area contributed by atoms with E-state index in [4.69, 9.17) is 0 Å². The molecule has 45 heavy (non-hydrogen) atoms. The topological polar surface area (TPSA) is 131 Å². The van der Waals surface area contributed by atoms with Crippen molar-refractivity contribution in [1.82, 2.24) is 20.2 Å². The number of aromatic amines is 1. The van der Waals surface area contributed by atoms with Gasteiger partial charge in [0.15, 0.2) is 0 Å². The first kappa shape index (κ1) is 29.6. The minimum absolute atomic E-state index is 0.0235. The first-order chi connectivity index (χ1) is 21.8. The van der Waals surface area contributed by atoms with Crippen LogP contribution >= 0.6 is 0 Å². The molecular formula is C35H32FN5O4. The van der Waals surface area contributed by atoms with Gasteiger partial charge >= 0.3 is 0 Å². The van der Waals surface area contributed by atoms with Gasteiger partial charge in [0.25, 0.3) is 11.8 Å². The number of hydrogen-bond acceptors (Lipinski definition) is 6. The molecule has 3 heterocycles. The number of halogens is 1. The zero-order chi connectivity index (χ0) is 31.5. The van der Waals surface area contributed by atoms with E-state index in [9.17, 15) is 24.2 Å².